The van der Waals surface area contributed by atoms with Crippen LogP contribution in [0, 0.1) is 0 Å². The number of nitrogens with zero attached hydrogens (tertiary/aromatic N) is 1. The molecule has 23 heavy (non-hydrogen) atoms. The lowest BCUT2D eigenvalue weighted by Crippen LogP contribution is -2.30. The average molecular weight is 307 g/mol. The molecule has 1 heteroatoms. The lowest BCUT2D eigenvalue weighted by Gasteiger charge is -2.27. The molecular weight excluding hydrogens is 278 g/mol. The maximum atomic E-state index is 3.70. The van der Waals surface area contributed by atoms with Crippen LogP contribution in [0.5, 0.6) is 0 Å². The summed E-state index contributed by atoms with van der Waals surface area (Å²) in [6.07, 6.45) is 12.8. The van der Waals surface area contributed by atoms with E-state index in [1.54, 1.807) is 0 Å². The van der Waals surface area contributed by atoms with E-state index in [0.29, 0.717) is 5.92 Å². The maximum Gasteiger partial charge on any atom is 0.0169 e. The van der Waals surface area contributed by atoms with Crippen molar-refractivity contribution in [2.45, 2.75) is 32.6 Å². The largest absolute Gasteiger partial charge is 0.299 e. The normalized spacial score (nSPS) is 18.0. The molecule has 0 aliphatic carbocycles. The van der Waals surface area contributed by atoms with Crippen molar-refractivity contribution in [3.63, 3.8) is 0 Å². The lowest BCUT2D eigenvalue weighted by atomic mass is 9.96. The predicted molar refractivity (Wildman–Crippen MR) is 102 cm³/mol. The van der Waals surface area contributed by atoms with Gasteiger partial charge in [0.15, 0.2) is 0 Å². The molecule has 0 radical (unpaired) electrons. The van der Waals surface area contributed by atoms with Gasteiger partial charge in [0.05, 0.1) is 0 Å². The van der Waals surface area contributed by atoms with Gasteiger partial charge >= 0.3 is 0 Å². The Balaban J connectivity index is 1.81. The Hall–Kier alpha value is -1.86. The van der Waals surface area contributed by atoms with Crippen LogP contribution in [-0.4, -0.2) is 24.5 Å². The molecule has 2 rings (SSSR count). The van der Waals surface area contributed by atoms with Gasteiger partial charge in [0.1, 0.15) is 0 Å². The van der Waals surface area contributed by atoms with Crippen molar-refractivity contribution in [1.82, 2.24) is 4.90 Å². The number of hydrogen-bond donors (Lipinski definition) is 0. The quantitative estimate of drug-likeness (QED) is 0.601. The van der Waals surface area contributed by atoms with E-state index in [4.69, 9.17) is 0 Å². The minimum Gasteiger partial charge on any atom is -0.299 e. The summed E-state index contributed by atoms with van der Waals surface area (Å²) in [6, 6.07) is 10.8. The summed E-state index contributed by atoms with van der Waals surface area (Å²) in [5.41, 5.74) is 4.32. The van der Waals surface area contributed by atoms with Crippen LogP contribution >= 0.6 is 0 Å². The molecule has 1 aliphatic heterocycles. The van der Waals surface area contributed by atoms with Gasteiger partial charge in [0, 0.05) is 13.1 Å². The highest BCUT2D eigenvalue weighted by molar-refractivity contribution is 5.34. The van der Waals surface area contributed by atoms with Crippen LogP contribution in [0.4, 0.5) is 0 Å². The fourth-order valence-electron chi connectivity index (χ4n) is 2.98. The van der Waals surface area contributed by atoms with Crippen LogP contribution in [0.2, 0.25) is 0 Å². The summed E-state index contributed by atoms with van der Waals surface area (Å²) in [5, 5.41) is 0. The highest BCUT2D eigenvalue weighted by Crippen LogP contribution is 2.22. The van der Waals surface area contributed by atoms with E-state index in [2.05, 4.69) is 73.9 Å². The first-order chi connectivity index (χ1) is 11.2. The van der Waals surface area contributed by atoms with Crippen LogP contribution < -0.4 is 0 Å². The van der Waals surface area contributed by atoms with E-state index in [0.717, 1.165) is 13.0 Å². The summed E-state index contributed by atoms with van der Waals surface area (Å²) in [6.45, 7) is 11.7. The molecule has 0 fully saturated rings. The number of allylic oxidation sites excluding steroid dienone is 5. The summed E-state index contributed by atoms with van der Waals surface area (Å²) in [5.74, 6) is 0.632. The minimum absolute atomic E-state index is 0.632. The molecule has 1 nitrogen and oxygen atoms in total. The van der Waals surface area contributed by atoms with Gasteiger partial charge in [-0.25, -0.2) is 0 Å². The maximum absolute atomic E-state index is 3.70. The zero-order chi connectivity index (χ0) is 16.5. The van der Waals surface area contributed by atoms with Crippen molar-refractivity contribution in [2.75, 3.05) is 19.6 Å². The molecule has 1 unspecified atom stereocenters. The summed E-state index contributed by atoms with van der Waals surface area (Å²) in [7, 11) is 0. The van der Waals surface area contributed by atoms with Crippen LogP contribution in [0.1, 0.15) is 38.2 Å². The van der Waals surface area contributed by atoms with Gasteiger partial charge in [-0.05, 0) is 48.9 Å². The first-order valence-corrected chi connectivity index (χ1v) is 8.63. The molecule has 1 heterocycles. The molecular formula is C22H29N. The Labute approximate surface area is 141 Å². The summed E-state index contributed by atoms with van der Waals surface area (Å²) in [4.78, 5) is 2.57. The molecule has 0 spiro atoms. The van der Waals surface area contributed by atoms with E-state index in [1.165, 1.54) is 36.2 Å². The topological polar surface area (TPSA) is 3.24 Å². The second kappa shape index (κ2) is 9.32. The van der Waals surface area contributed by atoms with Gasteiger partial charge in [0.25, 0.3) is 0 Å². The standard InChI is InChI=1S/C22H29N/c1-4-5-7-10-19(2)22-14-17-23(18-15-22)16-13-20(3)21-11-8-6-9-12-21/h4-12,14,20H,1,13,15-18H2,2-3H3/b7-5-,19-10+. The van der Waals surface area contributed by atoms with Crippen LogP contribution in [0.25, 0.3) is 0 Å². The fourth-order valence-corrected chi connectivity index (χ4v) is 2.98. The zero-order valence-electron chi connectivity index (χ0n) is 14.5. The third kappa shape index (κ3) is 5.69. The average Bonchev–Trinajstić information content (AvgIpc) is 2.61. The second-order valence-corrected chi connectivity index (χ2v) is 6.35. The van der Waals surface area contributed by atoms with Gasteiger partial charge in [-0.15, -0.1) is 0 Å². The summed E-state index contributed by atoms with van der Waals surface area (Å²) >= 11 is 0. The Morgan fingerprint density at radius 1 is 1.26 bits per heavy atom. The van der Waals surface area contributed by atoms with E-state index in [9.17, 15) is 0 Å². The SMILES string of the molecule is C=C/C=C\C=C(/C)C1=CCN(CCC(C)c2ccccc2)CC1. The third-order valence-corrected chi connectivity index (χ3v) is 4.64. The molecule has 1 atom stereocenters. The summed E-state index contributed by atoms with van der Waals surface area (Å²) < 4.78 is 0. The number of hydrogen-bond acceptors (Lipinski definition) is 1. The first-order valence-electron chi connectivity index (χ1n) is 8.63. The van der Waals surface area contributed by atoms with Crippen molar-refractivity contribution in [3.05, 3.63) is 84.0 Å². The molecule has 1 aromatic carbocycles. The van der Waals surface area contributed by atoms with Crippen molar-refractivity contribution in [3.8, 4) is 0 Å². The predicted octanol–water partition coefficient (Wildman–Crippen LogP) is 5.50. The van der Waals surface area contributed by atoms with E-state index >= 15 is 0 Å². The Morgan fingerprint density at radius 3 is 2.70 bits per heavy atom. The van der Waals surface area contributed by atoms with Crippen molar-refractivity contribution < 1.29 is 0 Å². The molecule has 0 aromatic heterocycles. The van der Waals surface area contributed by atoms with Gasteiger partial charge in [0.2, 0.25) is 0 Å². The number of rotatable bonds is 7. The van der Waals surface area contributed by atoms with Gasteiger partial charge < -0.3 is 0 Å². The van der Waals surface area contributed by atoms with Crippen LogP contribution in [0.3, 0.4) is 0 Å². The monoisotopic (exact) mass is 307 g/mol. The van der Waals surface area contributed by atoms with E-state index < -0.39 is 0 Å². The molecule has 1 aromatic rings. The molecule has 0 bridgehead atoms. The smallest absolute Gasteiger partial charge is 0.0169 e. The molecule has 0 saturated heterocycles. The highest BCUT2D eigenvalue weighted by atomic mass is 15.1. The Morgan fingerprint density at radius 2 is 2.04 bits per heavy atom. The highest BCUT2D eigenvalue weighted by Gasteiger charge is 2.14. The van der Waals surface area contributed by atoms with Crippen molar-refractivity contribution in [1.29, 1.82) is 0 Å². The van der Waals surface area contributed by atoms with Crippen molar-refractivity contribution >= 4 is 0 Å². The van der Waals surface area contributed by atoms with Crippen molar-refractivity contribution in [2.24, 2.45) is 0 Å². The van der Waals surface area contributed by atoms with Gasteiger partial charge in [-0.1, -0.05) is 74.2 Å². The number of benzene rings is 1. The van der Waals surface area contributed by atoms with Crippen LogP contribution in [0.15, 0.2) is 78.4 Å². The third-order valence-electron chi connectivity index (χ3n) is 4.64. The minimum atomic E-state index is 0.632. The van der Waals surface area contributed by atoms with E-state index in [-0.39, 0.29) is 0 Å². The molecule has 1 aliphatic rings. The van der Waals surface area contributed by atoms with Gasteiger partial charge in [-0.2, -0.15) is 0 Å². The van der Waals surface area contributed by atoms with Crippen LogP contribution in [-0.2, 0) is 0 Å². The molecule has 122 valence electrons. The lowest BCUT2D eigenvalue weighted by molar-refractivity contribution is 0.284. The Kier molecular flexibility index (Phi) is 7.09. The molecule has 0 N–H and O–H groups in total. The fraction of sp³-hybridized carbons (Fsp3) is 0.364. The second-order valence-electron chi connectivity index (χ2n) is 6.35. The molecule has 0 amide bonds. The first kappa shape index (κ1) is 17.5. The zero-order valence-corrected chi connectivity index (χ0v) is 14.5. The van der Waals surface area contributed by atoms with Gasteiger partial charge in [-0.3, -0.25) is 4.90 Å². The van der Waals surface area contributed by atoms with E-state index in [1.807, 2.05) is 12.2 Å². The molecule has 0 saturated carbocycles. The Bertz CT molecular complexity index is 577.